The van der Waals surface area contributed by atoms with Gasteiger partial charge in [-0.1, -0.05) is 25.1 Å². The number of rotatable bonds is 6. The van der Waals surface area contributed by atoms with Gasteiger partial charge < -0.3 is 15.4 Å². The summed E-state index contributed by atoms with van der Waals surface area (Å²) in [5.41, 5.74) is 0.958. The molecule has 4 nitrogen and oxygen atoms in total. The standard InChI is InChI=1S/C14H19N3O/c1-2-12(11-5-3-4-6-13(11)18)15-8-7-14-16-9-10-17-14/h3-6,9-10,12,15,18H,2,7-8H2,1H3,(H,16,17). The molecule has 0 spiro atoms. The number of hydrogen-bond donors (Lipinski definition) is 3. The average molecular weight is 245 g/mol. The maximum Gasteiger partial charge on any atom is 0.120 e. The van der Waals surface area contributed by atoms with E-state index >= 15 is 0 Å². The molecule has 0 aliphatic carbocycles. The fraction of sp³-hybridized carbons (Fsp3) is 0.357. The second kappa shape index (κ2) is 6.21. The topological polar surface area (TPSA) is 60.9 Å². The lowest BCUT2D eigenvalue weighted by molar-refractivity contribution is 0.441. The summed E-state index contributed by atoms with van der Waals surface area (Å²) < 4.78 is 0. The molecule has 1 heterocycles. The van der Waals surface area contributed by atoms with Gasteiger partial charge in [-0.2, -0.15) is 0 Å². The summed E-state index contributed by atoms with van der Waals surface area (Å²) in [5, 5.41) is 13.3. The Morgan fingerprint density at radius 1 is 1.39 bits per heavy atom. The van der Waals surface area contributed by atoms with Gasteiger partial charge in [-0.05, 0) is 12.5 Å². The molecule has 0 saturated carbocycles. The van der Waals surface area contributed by atoms with Crippen molar-refractivity contribution >= 4 is 0 Å². The summed E-state index contributed by atoms with van der Waals surface area (Å²) in [6.45, 7) is 2.94. The molecule has 18 heavy (non-hydrogen) atoms. The van der Waals surface area contributed by atoms with Crippen molar-refractivity contribution in [2.24, 2.45) is 0 Å². The summed E-state index contributed by atoms with van der Waals surface area (Å²) in [5.74, 6) is 1.34. The molecule has 0 aliphatic heterocycles. The van der Waals surface area contributed by atoms with Gasteiger partial charge in [-0.25, -0.2) is 4.98 Å². The van der Waals surface area contributed by atoms with Gasteiger partial charge in [0.15, 0.2) is 0 Å². The number of hydrogen-bond acceptors (Lipinski definition) is 3. The Morgan fingerprint density at radius 3 is 2.89 bits per heavy atom. The molecule has 0 aliphatic rings. The Labute approximate surface area is 107 Å². The zero-order valence-corrected chi connectivity index (χ0v) is 10.6. The maximum atomic E-state index is 9.84. The molecule has 1 unspecified atom stereocenters. The monoisotopic (exact) mass is 245 g/mol. The van der Waals surface area contributed by atoms with Crippen LogP contribution in [-0.4, -0.2) is 21.6 Å². The van der Waals surface area contributed by atoms with E-state index in [4.69, 9.17) is 0 Å². The largest absolute Gasteiger partial charge is 0.508 e. The number of aromatic nitrogens is 2. The van der Waals surface area contributed by atoms with E-state index in [1.54, 1.807) is 12.3 Å². The normalized spacial score (nSPS) is 12.5. The van der Waals surface area contributed by atoms with Gasteiger partial charge in [-0.15, -0.1) is 0 Å². The van der Waals surface area contributed by atoms with Crippen LogP contribution < -0.4 is 5.32 Å². The van der Waals surface area contributed by atoms with Gasteiger partial charge in [0.2, 0.25) is 0 Å². The van der Waals surface area contributed by atoms with Gasteiger partial charge >= 0.3 is 0 Å². The fourth-order valence-electron chi connectivity index (χ4n) is 2.06. The first-order valence-corrected chi connectivity index (χ1v) is 6.30. The minimum atomic E-state index is 0.182. The highest BCUT2D eigenvalue weighted by atomic mass is 16.3. The van der Waals surface area contributed by atoms with Gasteiger partial charge in [0.25, 0.3) is 0 Å². The minimum Gasteiger partial charge on any atom is -0.508 e. The Balaban J connectivity index is 1.91. The van der Waals surface area contributed by atoms with E-state index in [1.165, 1.54) is 0 Å². The number of imidazole rings is 1. The molecular weight excluding hydrogens is 226 g/mol. The molecule has 0 fully saturated rings. The number of benzene rings is 1. The number of phenols is 1. The fourth-order valence-corrected chi connectivity index (χ4v) is 2.06. The van der Waals surface area contributed by atoms with Crippen LogP contribution in [0.3, 0.4) is 0 Å². The molecule has 1 aromatic carbocycles. The van der Waals surface area contributed by atoms with Crippen LogP contribution in [0.4, 0.5) is 0 Å². The van der Waals surface area contributed by atoms with Crippen LogP contribution in [0.1, 0.15) is 30.8 Å². The number of phenolic OH excluding ortho intramolecular Hbond substituents is 1. The number of para-hydroxylation sites is 1. The lowest BCUT2D eigenvalue weighted by Gasteiger charge is -2.18. The van der Waals surface area contributed by atoms with Crippen LogP contribution >= 0.6 is 0 Å². The zero-order valence-electron chi connectivity index (χ0n) is 10.6. The predicted octanol–water partition coefficient (Wildman–Crippen LogP) is 2.40. The summed E-state index contributed by atoms with van der Waals surface area (Å²) >= 11 is 0. The number of aromatic amines is 1. The quantitative estimate of drug-likeness (QED) is 0.732. The molecule has 0 saturated heterocycles. The van der Waals surface area contributed by atoms with Crippen molar-refractivity contribution in [3.05, 3.63) is 48.0 Å². The van der Waals surface area contributed by atoms with Crippen molar-refractivity contribution in [3.8, 4) is 5.75 Å². The van der Waals surface area contributed by atoms with Gasteiger partial charge in [-0.3, -0.25) is 0 Å². The molecule has 3 N–H and O–H groups in total. The van der Waals surface area contributed by atoms with Crippen molar-refractivity contribution in [1.82, 2.24) is 15.3 Å². The molecule has 96 valence electrons. The second-order valence-corrected chi connectivity index (χ2v) is 4.26. The zero-order chi connectivity index (χ0) is 12.8. The minimum absolute atomic E-state index is 0.182. The lowest BCUT2D eigenvalue weighted by atomic mass is 10.0. The molecule has 2 aromatic rings. The molecular formula is C14H19N3O. The third-order valence-electron chi connectivity index (χ3n) is 3.03. The van der Waals surface area contributed by atoms with E-state index in [0.29, 0.717) is 5.75 Å². The highest BCUT2D eigenvalue weighted by Gasteiger charge is 2.12. The number of nitrogens with zero attached hydrogens (tertiary/aromatic N) is 1. The Hall–Kier alpha value is -1.81. The first-order chi connectivity index (χ1) is 8.81. The third kappa shape index (κ3) is 3.11. The van der Waals surface area contributed by atoms with Gasteiger partial charge in [0.05, 0.1) is 0 Å². The van der Waals surface area contributed by atoms with Crippen molar-refractivity contribution in [1.29, 1.82) is 0 Å². The highest BCUT2D eigenvalue weighted by Crippen LogP contribution is 2.25. The summed E-state index contributed by atoms with van der Waals surface area (Å²) in [4.78, 5) is 7.26. The molecule has 1 atom stereocenters. The molecule has 0 radical (unpaired) electrons. The van der Waals surface area contributed by atoms with E-state index < -0.39 is 0 Å². The summed E-state index contributed by atoms with van der Waals surface area (Å²) in [6, 6.07) is 7.66. The summed E-state index contributed by atoms with van der Waals surface area (Å²) in [7, 11) is 0. The van der Waals surface area contributed by atoms with Crippen molar-refractivity contribution in [2.75, 3.05) is 6.54 Å². The first-order valence-electron chi connectivity index (χ1n) is 6.30. The second-order valence-electron chi connectivity index (χ2n) is 4.26. The van der Waals surface area contributed by atoms with Gasteiger partial charge in [0.1, 0.15) is 11.6 Å². The predicted molar refractivity (Wildman–Crippen MR) is 71.4 cm³/mol. The Bertz CT molecular complexity index is 468. The van der Waals surface area contributed by atoms with Crippen LogP contribution in [0.2, 0.25) is 0 Å². The molecule has 0 amide bonds. The number of H-pyrrole nitrogens is 1. The van der Waals surface area contributed by atoms with Crippen molar-refractivity contribution in [2.45, 2.75) is 25.8 Å². The summed E-state index contributed by atoms with van der Waals surface area (Å²) in [6.07, 6.45) is 5.39. The Morgan fingerprint density at radius 2 is 2.22 bits per heavy atom. The van der Waals surface area contributed by atoms with E-state index in [9.17, 15) is 5.11 Å². The van der Waals surface area contributed by atoms with Crippen LogP contribution in [0.15, 0.2) is 36.7 Å². The molecule has 4 heteroatoms. The van der Waals surface area contributed by atoms with Gasteiger partial charge in [0, 0.05) is 37.0 Å². The van der Waals surface area contributed by atoms with Crippen molar-refractivity contribution < 1.29 is 5.11 Å². The molecule has 1 aromatic heterocycles. The molecule has 0 bridgehead atoms. The van der Waals surface area contributed by atoms with E-state index in [2.05, 4.69) is 22.2 Å². The van der Waals surface area contributed by atoms with Crippen molar-refractivity contribution in [3.63, 3.8) is 0 Å². The molecule has 2 rings (SSSR count). The lowest BCUT2D eigenvalue weighted by Crippen LogP contribution is -2.23. The van der Waals surface area contributed by atoms with E-state index in [1.807, 2.05) is 24.4 Å². The number of aromatic hydroxyl groups is 1. The van der Waals surface area contributed by atoms with Crippen LogP contribution in [0.5, 0.6) is 5.75 Å². The van der Waals surface area contributed by atoms with E-state index in [-0.39, 0.29) is 6.04 Å². The first kappa shape index (κ1) is 12.6. The van der Waals surface area contributed by atoms with E-state index in [0.717, 1.165) is 30.8 Å². The van der Waals surface area contributed by atoms with Crippen LogP contribution in [0, 0.1) is 0 Å². The third-order valence-corrected chi connectivity index (χ3v) is 3.03. The highest BCUT2D eigenvalue weighted by molar-refractivity contribution is 5.34. The Kier molecular flexibility index (Phi) is 4.36. The number of nitrogens with one attached hydrogen (secondary N) is 2. The SMILES string of the molecule is CCC(NCCc1ncc[nH]1)c1ccccc1O. The van der Waals surface area contributed by atoms with Crippen LogP contribution in [0.25, 0.3) is 0 Å². The van der Waals surface area contributed by atoms with Crippen LogP contribution in [-0.2, 0) is 6.42 Å². The smallest absolute Gasteiger partial charge is 0.120 e. The maximum absolute atomic E-state index is 9.84. The average Bonchev–Trinajstić information content (AvgIpc) is 2.89.